The number of nitrogens with one attached hydrogen (secondary N) is 2. The number of carbonyl (C=O) groups is 1. The Kier molecular flexibility index (Phi) is 3.91. The van der Waals surface area contributed by atoms with E-state index >= 15 is 0 Å². The lowest BCUT2D eigenvalue weighted by atomic mass is 10.00. The summed E-state index contributed by atoms with van der Waals surface area (Å²) in [6.45, 7) is 6.05. The van der Waals surface area contributed by atoms with E-state index < -0.39 is 0 Å². The van der Waals surface area contributed by atoms with Gasteiger partial charge in [-0.3, -0.25) is 5.32 Å². The molecule has 0 fully saturated rings. The van der Waals surface area contributed by atoms with Crippen LogP contribution >= 0.6 is 11.3 Å². The monoisotopic (exact) mass is 237 g/mol. The Morgan fingerprint density at radius 1 is 1.50 bits per heavy atom. The molecule has 0 saturated heterocycles. The number of anilines is 1. The van der Waals surface area contributed by atoms with Crippen molar-refractivity contribution in [3.63, 3.8) is 0 Å². The molecule has 16 heavy (non-hydrogen) atoms. The zero-order valence-electron chi connectivity index (χ0n) is 9.84. The van der Waals surface area contributed by atoms with E-state index in [9.17, 15) is 4.79 Å². The molecule has 0 radical (unpaired) electrons. The zero-order valence-corrected chi connectivity index (χ0v) is 10.7. The number of nitrogens with zero attached hydrogens (tertiary/aromatic N) is 1. The second-order valence-corrected chi connectivity index (χ2v) is 4.97. The lowest BCUT2D eigenvalue weighted by Gasteiger charge is -2.05. The highest BCUT2D eigenvalue weighted by atomic mass is 32.1. The summed E-state index contributed by atoms with van der Waals surface area (Å²) >= 11 is 1.44. The first-order chi connectivity index (χ1) is 7.51. The first-order valence-corrected chi connectivity index (χ1v) is 5.85. The first-order valence-electron chi connectivity index (χ1n) is 5.03. The van der Waals surface area contributed by atoms with E-state index in [2.05, 4.69) is 16.7 Å². The number of amides is 2. The standard InChI is InChI=1S/C11H15N3OS/c1-6(2)9-7(3)16-10(8(9)5-12)14-11(15)13-4/h6H,1-4H3,(H2,13,14,15). The molecule has 1 aromatic heterocycles. The van der Waals surface area contributed by atoms with Crippen molar-refractivity contribution in [2.75, 3.05) is 12.4 Å². The highest BCUT2D eigenvalue weighted by Gasteiger charge is 2.18. The molecule has 1 rings (SSSR count). The van der Waals surface area contributed by atoms with E-state index in [1.165, 1.54) is 11.3 Å². The fourth-order valence-electron chi connectivity index (χ4n) is 1.62. The van der Waals surface area contributed by atoms with E-state index in [0.29, 0.717) is 10.6 Å². The lowest BCUT2D eigenvalue weighted by molar-refractivity contribution is 0.254. The van der Waals surface area contributed by atoms with Crippen molar-refractivity contribution < 1.29 is 4.79 Å². The summed E-state index contributed by atoms with van der Waals surface area (Å²) in [4.78, 5) is 12.3. The van der Waals surface area contributed by atoms with Crippen LogP contribution in [0, 0.1) is 18.3 Å². The minimum Gasteiger partial charge on any atom is -0.341 e. The minimum atomic E-state index is -0.298. The maximum Gasteiger partial charge on any atom is 0.319 e. The van der Waals surface area contributed by atoms with Gasteiger partial charge in [0.1, 0.15) is 11.1 Å². The normalized spacial score (nSPS) is 10.0. The molecular formula is C11H15N3OS. The van der Waals surface area contributed by atoms with Gasteiger partial charge < -0.3 is 5.32 Å². The molecule has 0 bridgehead atoms. The summed E-state index contributed by atoms with van der Waals surface area (Å²) in [6.07, 6.45) is 0. The first kappa shape index (κ1) is 12.5. The lowest BCUT2D eigenvalue weighted by Crippen LogP contribution is -2.24. The van der Waals surface area contributed by atoms with Crippen LogP contribution in [0.3, 0.4) is 0 Å². The second kappa shape index (κ2) is 4.99. The average Bonchev–Trinajstić information content (AvgIpc) is 2.53. The quantitative estimate of drug-likeness (QED) is 0.830. The van der Waals surface area contributed by atoms with Gasteiger partial charge in [0.05, 0.1) is 5.56 Å². The molecule has 0 aliphatic rings. The van der Waals surface area contributed by atoms with Gasteiger partial charge in [0, 0.05) is 11.9 Å². The van der Waals surface area contributed by atoms with Crippen LogP contribution in [0.4, 0.5) is 9.80 Å². The summed E-state index contributed by atoms with van der Waals surface area (Å²) in [7, 11) is 1.55. The van der Waals surface area contributed by atoms with E-state index in [-0.39, 0.29) is 11.9 Å². The number of hydrogen-bond acceptors (Lipinski definition) is 3. The van der Waals surface area contributed by atoms with Gasteiger partial charge in [-0.1, -0.05) is 13.8 Å². The van der Waals surface area contributed by atoms with Gasteiger partial charge in [-0.25, -0.2) is 4.79 Å². The fraction of sp³-hybridized carbons (Fsp3) is 0.455. The van der Waals surface area contributed by atoms with Crippen molar-refractivity contribution in [1.82, 2.24) is 5.32 Å². The van der Waals surface area contributed by atoms with Crippen LogP contribution in [0.2, 0.25) is 0 Å². The summed E-state index contributed by atoms with van der Waals surface area (Å²) in [5.74, 6) is 0.283. The van der Waals surface area contributed by atoms with Crippen molar-refractivity contribution in [1.29, 1.82) is 5.26 Å². The molecule has 0 aliphatic carbocycles. The van der Waals surface area contributed by atoms with Crippen molar-refractivity contribution >= 4 is 22.4 Å². The topological polar surface area (TPSA) is 64.9 Å². The molecule has 1 aromatic rings. The van der Waals surface area contributed by atoms with Crippen molar-refractivity contribution in [3.05, 3.63) is 16.0 Å². The molecule has 4 nitrogen and oxygen atoms in total. The van der Waals surface area contributed by atoms with Gasteiger partial charge in [0.2, 0.25) is 0 Å². The van der Waals surface area contributed by atoms with E-state index in [1.807, 2.05) is 20.8 Å². The van der Waals surface area contributed by atoms with Crippen LogP contribution in [0.1, 0.15) is 35.8 Å². The van der Waals surface area contributed by atoms with Gasteiger partial charge >= 0.3 is 6.03 Å². The highest BCUT2D eigenvalue weighted by molar-refractivity contribution is 7.16. The molecule has 2 N–H and O–H groups in total. The molecule has 5 heteroatoms. The van der Waals surface area contributed by atoms with Crippen LogP contribution < -0.4 is 10.6 Å². The summed E-state index contributed by atoms with van der Waals surface area (Å²) in [6, 6.07) is 1.87. The number of aryl methyl sites for hydroxylation is 1. The Morgan fingerprint density at radius 2 is 2.12 bits per heavy atom. The maximum absolute atomic E-state index is 11.2. The van der Waals surface area contributed by atoms with Gasteiger partial charge in [-0.15, -0.1) is 11.3 Å². The molecule has 2 amide bonds. The molecule has 0 aromatic carbocycles. The largest absolute Gasteiger partial charge is 0.341 e. The van der Waals surface area contributed by atoms with E-state index in [1.54, 1.807) is 7.05 Å². The maximum atomic E-state index is 11.2. The second-order valence-electron chi connectivity index (χ2n) is 3.75. The van der Waals surface area contributed by atoms with Gasteiger partial charge in [-0.05, 0) is 18.4 Å². The van der Waals surface area contributed by atoms with Gasteiger partial charge in [-0.2, -0.15) is 5.26 Å². The Morgan fingerprint density at radius 3 is 2.56 bits per heavy atom. The van der Waals surface area contributed by atoms with Gasteiger partial charge in [0.25, 0.3) is 0 Å². The predicted molar refractivity (Wildman–Crippen MR) is 65.9 cm³/mol. The summed E-state index contributed by atoms with van der Waals surface area (Å²) in [5.41, 5.74) is 1.61. The van der Waals surface area contributed by atoms with Crippen molar-refractivity contribution in [2.24, 2.45) is 0 Å². The van der Waals surface area contributed by atoms with Crippen molar-refractivity contribution in [2.45, 2.75) is 26.7 Å². The summed E-state index contributed by atoms with van der Waals surface area (Å²) in [5, 5.41) is 14.9. The average molecular weight is 237 g/mol. The molecule has 1 heterocycles. The third kappa shape index (κ3) is 2.34. The number of thiophene rings is 1. The molecule has 0 unspecified atom stereocenters. The predicted octanol–water partition coefficient (Wildman–Crippen LogP) is 2.80. The number of nitriles is 1. The Balaban J connectivity index is 3.17. The molecule has 0 saturated carbocycles. The SMILES string of the molecule is CNC(=O)Nc1sc(C)c(C(C)C)c1C#N. The molecule has 0 atom stereocenters. The smallest absolute Gasteiger partial charge is 0.319 e. The van der Waals surface area contributed by atoms with Crippen molar-refractivity contribution in [3.8, 4) is 6.07 Å². The zero-order chi connectivity index (χ0) is 12.3. The van der Waals surface area contributed by atoms with Crippen LogP contribution in [-0.4, -0.2) is 13.1 Å². The number of hydrogen-bond donors (Lipinski definition) is 2. The Labute approximate surface area is 99.3 Å². The fourth-order valence-corrected chi connectivity index (χ4v) is 2.77. The van der Waals surface area contributed by atoms with E-state index in [4.69, 9.17) is 5.26 Å². The Hall–Kier alpha value is -1.54. The molecule has 86 valence electrons. The molecular weight excluding hydrogens is 222 g/mol. The third-order valence-corrected chi connectivity index (χ3v) is 3.31. The number of rotatable bonds is 2. The van der Waals surface area contributed by atoms with Crippen LogP contribution in [0.25, 0.3) is 0 Å². The Bertz CT molecular complexity index is 443. The number of carbonyl (C=O) groups excluding carboxylic acids is 1. The number of urea groups is 1. The highest BCUT2D eigenvalue weighted by Crippen LogP contribution is 2.36. The van der Waals surface area contributed by atoms with Gasteiger partial charge in [0.15, 0.2) is 0 Å². The van der Waals surface area contributed by atoms with E-state index in [0.717, 1.165) is 10.4 Å². The van der Waals surface area contributed by atoms with Crippen LogP contribution in [0.5, 0.6) is 0 Å². The minimum absolute atomic E-state index is 0.283. The van der Waals surface area contributed by atoms with Crippen LogP contribution in [-0.2, 0) is 0 Å². The third-order valence-electron chi connectivity index (χ3n) is 2.27. The summed E-state index contributed by atoms with van der Waals surface area (Å²) < 4.78 is 0. The molecule has 0 spiro atoms. The molecule has 0 aliphatic heterocycles. The van der Waals surface area contributed by atoms with Crippen LogP contribution in [0.15, 0.2) is 0 Å².